The van der Waals surface area contributed by atoms with E-state index in [2.05, 4.69) is 5.32 Å². The lowest BCUT2D eigenvalue weighted by Crippen LogP contribution is -2.64. The predicted octanol–water partition coefficient (Wildman–Crippen LogP) is -0.790. The molecule has 1 amide bonds. The molecule has 136 valence electrons. The van der Waals surface area contributed by atoms with E-state index >= 15 is 0 Å². The first-order valence-electron chi connectivity index (χ1n) is 8.73. The zero-order chi connectivity index (χ0) is 17.7. The predicted molar refractivity (Wildman–Crippen MR) is 88.2 cm³/mol. The quantitative estimate of drug-likeness (QED) is 0.335. The molecular formula is C16H28N4O4. The Morgan fingerprint density at radius 2 is 2.04 bits per heavy atom. The van der Waals surface area contributed by atoms with Crippen LogP contribution in [0, 0.1) is 0 Å². The van der Waals surface area contributed by atoms with Crippen LogP contribution in [0.4, 0.5) is 0 Å². The Hall–Kier alpha value is -1.51. The maximum absolute atomic E-state index is 12.9. The van der Waals surface area contributed by atoms with E-state index in [9.17, 15) is 19.5 Å². The minimum atomic E-state index is -1.82. The Kier molecular flexibility index (Phi) is 6.31. The zero-order valence-corrected chi connectivity index (χ0v) is 14.0. The fourth-order valence-corrected chi connectivity index (χ4v) is 3.73. The summed E-state index contributed by atoms with van der Waals surface area (Å²) in [6.45, 7) is 1.52. The molecule has 8 heteroatoms. The number of nitrogens with two attached hydrogens (primary N) is 2. The highest BCUT2D eigenvalue weighted by molar-refractivity contribution is 6.13. The van der Waals surface area contributed by atoms with Crippen molar-refractivity contribution in [2.45, 2.75) is 62.6 Å². The maximum Gasteiger partial charge on any atom is 0.337 e. The molecule has 8 nitrogen and oxygen atoms in total. The van der Waals surface area contributed by atoms with Crippen LogP contribution < -0.4 is 16.8 Å². The fraction of sp³-hybridized carbons (Fsp3) is 0.812. The molecule has 2 saturated heterocycles. The smallest absolute Gasteiger partial charge is 0.337 e. The average Bonchev–Trinajstić information content (AvgIpc) is 3.23. The lowest BCUT2D eigenvalue weighted by molar-refractivity contribution is -0.163. The molecule has 3 atom stereocenters. The van der Waals surface area contributed by atoms with Crippen LogP contribution in [0.15, 0.2) is 0 Å². The third kappa shape index (κ3) is 3.45. The van der Waals surface area contributed by atoms with E-state index in [1.165, 1.54) is 4.90 Å². The lowest BCUT2D eigenvalue weighted by atomic mass is 9.84. The zero-order valence-electron chi connectivity index (χ0n) is 14.0. The second-order valence-corrected chi connectivity index (χ2v) is 6.66. The number of nitrogens with one attached hydrogen (secondary N) is 1. The molecule has 2 heterocycles. The highest BCUT2D eigenvalue weighted by atomic mass is 16.4. The van der Waals surface area contributed by atoms with Crippen molar-refractivity contribution in [2.24, 2.45) is 11.5 Å². The molecule has 2 rings (SSSR count). The van der Waals surface area contributed by atoms with Crippen molar-refractivity contribution in [3.05, 3.63) is 0 Å². The van der Waals surface area contributed by atoms with Crippen LogP contribution in [0.1, 0.15) is 44.9 Å². The Morgan fingerprint density at radius 3 is 2.62 bits per heavy atom. The summed E-state index contributed by atoms with van der Waals surface area (Å²) in [5.41, 5.74) is 9.59. The van der Waals surface area contributed by atoms with Crippen molar-refractivity contribution in [1.82, 2.24) is 10.2 Å². The first-order valence-corrected chi connectivity index (χ1v) is 8.73. The van der Waals surface area contributed by atoms with Crippen LogP contribution in [-0.2, 0) is 14.4 Å². The number of hydrogen-bond donors (Lipinski definition) is 4. The number of ketones is 1. The van der Waals surface area contributed by atoms with Gasteiger partial charge < -0.3 is 26.8 Å². The van der Waals surface area contributed by atoms with Gasteiger partial charge >= 0.3 is 5.97 Å². The van der Waals surface area contributed by atoms with Gasteiger partial charge in [-0.2, -0.15) is 0 Å². The number of aliphatic carboxylic acids is 1. The van der Waals surface area contributed by atoms with Gasteiger partial charge in [-0.15, -0.1) is 0 Å². The van der Waals surface area contributed by atoms with Gasteiger partial charge in [0.15, 0.2) is 5.78 Å². The van der Waals surface area contributed by atoms with E-state index < -0.39 is 29.4 Å². The van der Waals surface area contributed by atoms with E-state index in [0.29, 0.717) is 32.2 Å². The molecule has 0 aromatic carbocycles. The number of carbonyl (C=O) groups is 3. The minimum Gasteiger partial charge on any atom is -0.479 e. The summed E-state index contributed by atoms with van der Waals surface area (Å²) in [5.74, 6) is -2.13. The highest BCUT2D eigenvalue weighted by Gasteiger charge is 2.57. The lowest BCUT2D eigenvalue weighted by Gasteiger charge is -2.36. The van der Waals surface area contributed by atoms with Crippen molar-refractivity contribution in [1.29, 1.82) is 0 Å². The molecule has 3 unspecified atom stereocenters. The van der Waals surface area contributed by atoms with Gasteiger partial charge in [0.25, 0.3) is 0 Å². The average molecular weight is 340 g/mol. The van der Waals surface area contributed by atoms with Gasteiger partial charge in [-0.1, -0.05) is 6.42 Å². The second-order valence-electron chi connectivity index (χ2n) is 6.66. The molecule has 0 saturated carbocycles. The Bertz CT molecular complexity index is 492. The molecule has 0 aromatic heterocycles. The number of rotatable bonds is 8. The molecule has 2 aliphatic heterocycles. The number of carbonyl (C=O) groups excluding carboxylic acids is 2. The number of amides is 1. The Morgan fingerprint density at radius 1 is 1.29 bits per heavy atom. The summed E-state index contributed by atoms with van der Waals surface area (Å²) in [6.07, 6.45) is 3.94. The number of carboxylic acid groups (broad SMARTS) is 1. The standard InChI is InChI=1S/C16H28N4O4/c17-8-2-1-5-11(18)13(21)16(15(23)24)7-4-10-20(16)14(22)12-6-3-9-19-12/h11-12,19H,1-10,17-18H2,(H,23,24). The maximum atomic E-state index is 12.9. The molecule has 0 bridgehead atoms. The molecule has 0 aliphatic carbocycles. The number of carboxylic acids is 1. The number of nitrogens with zero attached hydrogens (tertiary/aromatic N) is 1. The summed E-state index contributed by atoms with van der Waals surface area (Å²) < 4.78 is 0. The summed E-state index contributed by atoms with van der Waals surface area (Å²) in [5, 5.41) is 12.9. The third-order valence-corrected chi connectivity index (χ3v) is 5.07. The molecule has 6 N–H and O–H groups in total. The second kappa shape index (κ2) is 8.04. The van der Waals surface area contributed by atoms with Gasteiger partial charge in [0.2, 0.25) is 11.4 Å². The van der Waals surface area contributed by atoms with Gasteiger partial charge in [0.1, 0.15) is 0 Å². The van der Waals surface area contributed by atoms with Crippen molar-refractivity contribution >= 4 is 17.7 Å². The van der Waals surface area contributed by atoms with Gasteiger partial charge in [-0.25, -0.2) is 4.79 Å². The van der Waals surface area contributed by atoms with Gasteiger partial charge in [0, 0.05) is 6.54 Å². The number of likely N-dealkylation sites (tertiary alicyclic amines) is 1. The molecule has 2 aliphatic rings. The van der Waals surface area contributed by atoms with E-state index in [1.807, 2.05) is 0 Å². The topological polar surface area (TPSA) is 139 Å². The molecular weight excluding hydrogens is 312 g/mol. The SMILES string of the molecule is NCCCCC(N)C(=O)C1(C(=O)O)CCCN1C(=O)C1CCCN1. The van der Waals surface area contributed by atoms with E-state index in [4.69, 9.17) is 11.5 Å². The molecule has 0 aromatic rings. The van der Waals surface area contributed by atoms with Gasteiger partial charge in [-0.3, -0.25) is 9.59 Å². The van der Waals surface area contributed by atoms with Crippen molar-refractivity contribution in [2.75, 3.05) is 19.6 Å². The van der Waals surface area contributed by atoms with Crippen LogP contribution in [0.2, 0.25) is 0 Å². The first-order chi connectivity index (χ1) is 11.4. The largest absolute Gasteiger partial charge is 0.479 e. The fourth-order valence-electron chi connectivity index (χ4n) is 3.73. The van der Waals surface area contributed by atoms with Crippen LogP contribution in [0.25, 0.3) is 0 Å². The van der Waals surface area contributed by atoms with E-state index in [-0.39, 0.29) is 18.9 Å². The molecule has 0 spiro atoms. The molecule has 24 heavy (non-hydrogen) atoms. The van der Waals surface area contributed by atoms with Crippen molar-refractivity contribution in [3.8, 4) is 0 Å². The summed E-state index contributed by atoms with van der Waals surface area (Å²) in [6, 6.07) is -1.29. The molecule has 2 fully saturated rings. The summed E-state index contributed by atoms with van der Waals surface area (Å²) in [4.78, 5) is 38.9. The van der Waals surface area contributed by atoms with E-state index in [1.54, 1.807) is 0 Å². The molecule has 0 radical (unpaired) electrons. The minimum absolute atomic E-state index is 0.129. The number of unbranched alkanes of at least 4 members (excludes halogenated alkanes) is 1. The van der Waals surface area contributed by atoms with Crippen LogP contribution >= 0.6 is 0 Å². The number of Topliss-reactive ketones (excluding diaryl/α,β-unsaturated/α-hetero) is 1. The Labute approximate surface area is 141 Å². The highest BCUT2D eigenvalue weighted by Crippen LogP contribution is 2.33. The normalized spacial score (nSPS) is 28.1. The van der Waals surface area contributed by atoms with Gasteiger partial charge in [0.05, 0.1) is 12.1 Å². The summed E-state index contributed by atoms with van der Waals surface area (Å²) >= 11 is 0. The van der Waals surface area contributed by atoms with E-state index in [0.717, 1.165) is 19.4 Å². The number of hydrogen-bond acceptors (Lipinski definition) is 6. The monoisotopic (exact) mass is 340 g/mol. The first kappa shape index (κ1) is 18.8. The Balaban J connectivity index is 2.19. The van der Waals surface area contributed by atoms with Crippen molar-refractivity contribution < 1.29 is 19.5 Å². The summed E-state index contributed by atoms with van der Waals surface area (Å²) in [7, 11) is 0. The van der Waals surface area contributed by atoms with Gasteiger partial charge in [-0.05, 0) is 51.6 Å². The van der Waals surface area contributed by atoms with Crippen LogP contribution in [0.5, 0.6) is 0 Å². The van der Waals surface area contributed by atoms with Crippen LogP contribution in [0.3, 0.4) is 0 Å². The third-order valence-electron chi connectivity index (χ3n) is 5.07. The van der Waals surface area contributed by atoms with Crippen molar-refractivity contribution in [3.63, 3.8) is 0 Å². The van der Waals surface area contributed by atoms with Crippen LogP contribution in [-0.4, -0.2) is 64.9 Å².